The zero-order valence-electron chi connectivity index (χ0n) is 18.9. The molecule has 3 atom stereocenters. The second-order valence-electron chi connectivity index (χ2n) is 8.20. The number of aliphatic carboxylic acids is 1. The van der Waals surface area contributed by atoms with E-state index in [2.05, 4.69) is 15.6 Å². The highest BCUT2D eigenvalue weighted by Crippen LogP contribution is 2.19. The molecule has 1 aromatic heterocycles. The number of para-hydroxylation sites is 1. The first-order valence-corrected chi connectivity index (χ1v) is 11.4. The van der Waals surface area contributed by atoms with Crippen molar-refractivity contribution in [2.45, 2.75) is 63.1 Å². The number of rotatable bonds is 15. The fraction of sp³-hybridized carbons (Fsp3) is 0.522. The fourth-order valence-electron chi connectivity index (χ4n) is 3.69. The molecule has 10 N–H and O–H groups in total. The van der Waals surface area contributed by atoms with Crippen molar-refractivity contribution in [1.82, 2.24) is 15.6 Å². The number of hydrogen-bond donors (Lipinski definition) is 7. The SMILES string of the molecule is NCCCC[C@H](NC(=O)[C@H](CCCCN)NC(=O)[C@@H](N)Cc1c[nH]c2ccccc12)C(=O)O. The molecule has 33 heavy (non-hydrogen) atoms. The predicted molar refractivity (Wildman–Crippen MR) is 127 cm³/mol. The number of nitrogens with two attached hydrogens (primary N) is 3. The number of H-pyrrole nitrogens is 1. The Labute approximate surface area is 193 Å². The van der Waals surface area contributed by atoms with Gasteiger partial charge in [-0.15, -0.1) is 0 Å². The maximum absolute atomic E-state index is 12.8. The van der Waals surface area contributed by atoms with Crippen LogP contribution in [0.25, 0.3) is 10.9 Å². The molecule has 2 rings (SSSR count). The summed E-state index contributed by atoms with van der Waals surface area (Å²) in [5.41, 5.74) is 19.0. The molecular weight excluding hydrogens is 424 g/mol. The molecule has 0 saturated carbocycles. The fourth-order valence-corrected chi connectivity index (χ4v) is 3.69. The minimum atomic E-state index is -1.12. The quantitative estimate of drug-likeness (QED) is 0.187. The number of unbranched alkanes of at least 4 members (excludes halogenated alkanes) is 2. The Morgan fingerprint density at radius 2 is 1.52 bits per heavy atom. The van der Waals surface area contributed by atoms with Crippen LogP contribution in [-0.2, 0) is 20.8 Å². The number of nitrogens with one attached hydrogen (secondary N) is 3. The molecule has 0 radical (unpaired) electrons. The van der Waals surface area contributed by atoms with E-state index < -0.39 is 35.9 Å². The first-order valence-electron chi connectivity index (χ1n) is 11.4. The molecule has 0 aliphatic rings. The third kappa shape index (κ3) is 8.16. The van der Waals surface area contributed by atoms with Crippen molar-refractivity contribution >= 4 is 28.7 Å². The topological polar surface area (TPSA) is 189 Å². The van der Waals surface area contributed by atoms with E-state index in [1.165, 1.54) is 0 Å². The zero-order chi connectivity index (χ0) is 24.2. The van der Waals surface area contributed by atoms with Gasteiger partial charge in [-0.2, -0.15) is 0 Å². The summed E-state index contributed by atoms with van der Waals surface area (Å²) in [6, 6.07) is 4.91. The first-order chi connectivity index (χ1) is 15.9. The smallest absolute Gasteiger partial charge is 0.326 e. The number of aromatic amines is 1. The van der Waals surface area contributed by atoms with E-state index >= 15 is 0 Å². The number of fused-ring (bicyclic) bond motifs is 1. The molecule has 0 aliphatic heterocycles. The van der Waals surface area contributed by atoms with Crippen LogP contribution in [0.3, 0.4) is 0 Å². The molecular formula is C23H36N6O4. The maximum Gasteiger partial charge on any atom is 0.326 e. The number of amides is 2. The Morgan fingerprint density at radius 3 is 2.15 bits per heavy atom. The number of carboxylic acids is 1. The molecule has 0 bridgehead atoms. The van der Waals surface area contributed by atoms with Crippen molar-refractivity contribution in [3.05, 3.63) is 36.0 Å². The van der Waals surface area contributed by atoms with Crippen molar-refractivity contribution in [2.75, 3.05) is 13.1 Å². The molecule has 10 nitrogen and oxygen atoms in total. The van der Waals surface area contributed by atoms with Gasteiger partial charge in [0.1, 0.15) is 12.1 Å². The molecule has 0 fully saturated rings. The molecule has 182 valence electrons. The second-order valence-corrected chi connectivity index (χ2v) is 8.20. The average Bonchev–Trinajstić information content (AvgIpc) is 3.20. The molecule has 2 aromatic rings. The van der Waals surface area contributed by atoms with Gasteiger partial charge in [0.2, 0.25) is 11.8 Å². The molecule has 0 spiro atoms. The van der Waals surface area contributed by atoms with Crippen molar-refractivity contribution < 1.29 is 19.5 Å². The van der Waals surface area contributed by atoms with Crippen LogP contribution in [0.5, 0.6) is 0 Å². The molecule has 10 heteroatoms. The number of aromatic nitrogens is 1. The van der Waals surface area contributed by atoms with E-state index in [1.807, 2.05) is 30.5 Å². The number of hydrogen-bond acceptors (Lipinski definition) is 6. The molecule has 1 aromatic carbocycles. The zero-order valence-corrected chi connectivity index (χ0v) is 18.9. The first kappa shape index (κ1) is 26.3. The highest BCUT2D eigenvalue weighted by molar-refractivity contribution is 5.92. The molecule has 0 aliphatic carbocycles. The summed E-state index contributed by atoms with van der Waals surface area (Å²) in [7, 11) is 0. The molecule has 1 heterocycles. The lowest BCUT2D eigenvalue weighted by molar-refractivity contribution is -0.142. The standard InChI is InChI=1S/C23H36N6O4/c24-11-5-3-9-19(22(31)29-20(23(32)33)10-4-6-12-25)28-21(30)17(26)13-15-14-27-18-8-2-1-7-16(15)18/h1-2,7-8,14,17,19-20,27H,3-6,9-13,24-26H2,(H,28,30)(H,29,31)(H,32,33)/t17-,19-,20-/m0/s1. The summed E-state index contributed by atoms with van der Waals surface area (Å²) < 4.78 is 0. The van der Waals surface area contributed by atoms with E-state index in [-0.39, 0.29) is 6.42 Å². The van der Waals surface area contributed by atoms with Crippen LogP contribution in [0.2, 0.25) is 0 Å². The summed E-state index contributed by atoms with van der Waals surface area (Å²) in [6.07, 6.45) is 5.25. The van der Waals surface area contributed by atoms with E-state index in [4.69, 9.17) is 17.2 Å². The molecule has 0 unspecified atom stereocenters. The highest BCUT2D eigenvalue weighted by Gasteiger charge is 2.27. The third-order valence-corrected chi connectivity index (χ3v) is 5.59. The van der Waals surface area contributed by atoms with Crippen molar-refractivity contribution in [3.8, 4) is 0 Å². The van der Waals surface area contributed by atoms with E-state index in [0.29, 0.717) is 51.6 Å². The Bertz CT molecular complexity index is 915. The minimum absolute atomic E-state index is 0.266. The number of benzene rings is 1. The summed E-state index contributed by atoms with van der Waals surface area (Å²) >= 11 is 0. The average molecular weight is 461 g/mol. The van der Waals surface area contributed by atoms with Crippen LogP contribution < -0.4 is 27.8 Å². The normalized spacial score (nSPS) is 13.9. The van der Waals surface area contributed by atoms with Crippen LogP contribution in [-0.4, -0.2) is 59.1 Å². The Morgan fingerprint density at radius 1 is 0.909 bits per heavy atom. The largest absolute Gasteiger partial charge is 0.480 e. The van der Waals surface area contributed by atoms with Crippen LogP contribution in [0.4, 0.5) is 0 Å². The Balaban J connectivity index is 2.03. The van der Waals surface area contributed by atoms with Crippen molar-refractivity contribution in [3.63, 3.8) is 0 Å². The van der Waals surface area contributed by atoms with Crippen LogP contribution in [0.15, 0.2) is 30.5 Å². The van der Waals surface area contributed by atoms with Crippen LogP contribution in [0.1, 0.15) is 44.1 Å². The van der Waals surface area contributed by atoms with Gasteiger partial charge in [-0.25, -0.2) is 4.79 Å². The van der Waals surface area contributed by atoms with Gasteiger partial charge in [-0.1, -0.05) is 18.2 Å². The Kier molecular flexibility index (Phi) is 10.8. The van der Waals surface area contributed by atoms with Crippen molar-refractivity contribution in [2.24, 2.45) is 17.2 Å². The van der Waals surface area contributed by atoms with Crippen LogP contribution in [0, 0.1) is 0 Å². The van der Waals surface area contributed by atoms with Gasteiger partial charge < -0.3 is 37.9 Å². The van der Waals surface area contributed by atoms with Gasteiger partial charge in [0, 0.05) is 17.1 Å². The van der Waals surface area contributed by atoms with Crippen LogP contribution >= 0.6 is 0 Å². The third-order valence-electron chi connectivity index (χ3n) is 5.59. The minimum Gasteiger partial charge on any atom is -0.480 e. The van der Waals surface area contributed by atoms with Gasteiger partial charge in [0.15, 0.2) is 0 Å². The second kappa shape index (κ2) is 13.6. The van der Waals surface area contributed by atoms with E-state index in [9.17, 15) is 19.5 Å². The van der Waals surface area contributed by atoms with Gasteiger partial charge in [0.25, 0.3) is 0 Å². The van der Waals surface area contributed by atoms with Crippen molar-refractivity contribution in [1.29, 1.82) is 0 Å². The summed E-state index contributed by atoms with van der Waals surface area (Å²) in [4.78, 5) is 40.4. The highest BCUT2D eigenvalue weighted by atomic mass is 16.4. The van der Waals surface area contributed by atoms with E-state index in [1.54, 1.807) is 0 Å². The van der Waals surface area contributed by atoms with Gasteiger partial charge in [-0.3, -0.25) is 9.59 Å². The number of carboxylic acid groups (broad SMARTS) is 1. The van der Waals surface area contributed by atoms with Gasteiger partial charge >= 0.3 is 5.97 Å². The lowest BCUT2D eigenvalue weighted by Crippen LogP contribution is -2.54. The molecule has 2 amide bonds. The monoisotopic (exact) mass is 460 g/mol. The lowest BCUT2D eigenvalue weighted by atomic mass is 10.0. The lowest BCUT2D eigenvalue weighted by Gasteiger charge is -2.23. The maximum atomic E-state index is 12.8. The molecule has 0 saturated heterocycles. The predicted octanol–water partition coefficient (Wildman–Crippen LogP) is 0.350. The number of carbonyl (C=O) groups excluding carboxylic acids is 2. The Hall–Kier alpha value is -2.95. The van der Waals surface area contributed by atoms with E-state index in [0.717, 1.165) is 16.5 Å². The van der Waals surface area contributed by atoms with Gasteiger partial charge in [0.05, 0.1) is 6.04 Å². The number of carbonyl (C=O) groups is 3. The van der Waals surface area contributed by atoms with Gasteiger partial charge in [-0.05, 0) is 69.7 Å². The summed E-state index contributed by atoms with van der Waals surface area (Å²) in [5, 5.41) is 15.7. The summed E-state index contributed by atoms with van der Waals surface area (Å²) in [6.45, 7) is 0.908. The summed E-state index contributed by atoms with van der Waals surface area (Å²) in [5.74, 6) is -2.13.